The Kier molecular flexibility index (Phi) is 50.5. The second-order valence-electron chi connectivity index (χ2n) is 22.2. The van der Waals surface area contributed by atoms with Gasteiger partial charge in [0.1, 0.15) is 12.1 Å². The van der Waals surface area contributed by atoms with Crippen LogP contribution in [0.15, 0.2) is 24.3 Å². The molecule has 9 nitrogen and oxygen atoms in total. The Morgan fingerprint density at radius 1 is 0.365 bits per heavy atom. The summed E-state index contributed by atoms with van der Waals surface area (Å²) in [6.45, 7) is 20.9. The maximum Gasteiger partial charge on any atom is 0.243 e. The van der Waals surface area contributed by atoms with Crippen LogP contribution in [-0.4, -0.2) is 96.7 Å². The van der Waals surface area contributed by atoms with Gasteiger partial charge in [0.15, 0.2) is 0 Å². The van der Waals surface area contributed by atoms with Gasteiger partial charge in [-0.05, 0) is 109 Å². The van der Waals surface area contributed by atoms with Crippen molar-refractivity contribution < 1.29 is 19.2 Å². The molecule has 0 aliphatic heterocycles. The van der Waals surface area contributed by atoms with Gasteiger partial charge >= 0.3 is 0 Å². The SMILES string of the molecule is CCCCCCCC/C=C\CCCCCCCC(=O)N(CCC)C(C(=O)NCCN(C)CCNC(=O)C(C(CC)CCCC)N(CCC)C(=O)CCCCCCC/C=C\CCCCCCCC)C(CC)CCCC. The van der Waals surface area contributed by atoms with Gasteiger partial charge in [-0.3, -0.25) is 19.2 Å². The smallest absolute Gasteiger partial charge is 0.243 e. The molecule has 9 heteroatoms. The topological polar surface area (TPSA) is 102 Å². The number of allylic oxidation sites excluding steroid dienone is 4. The molecule has 74 heavy (non-hydrogen) atoms. The van der Waals surface area contributed by atoms with E-state index in [0.29, 0.717) is 52.1 Å². The predicted molar refractivity (Wildman–Crippen MR) is 321 cm³/mol. The van der Waals surface area contributed by atoms with E-state index in [1.165, 1.54) is 116 Å². The van der Waals surface area contributed by atoms with E-state index in [2.05, 4.69) is 95.2 Å². The molecule has 4 atom stereocenters. The Labute approximate surface area is 460 Å². The van der Waals surface area contributed by atoms with Gasteiger partial charge in [0.25, 0.3) is 0 Å². The molecule has 0 fully saturated rings. The summed E-state index contributed by atoms with van der Waals surface area (Å²) in [5.74, 6) is 0.394. The summed E-state index contributed by atoms with van der Waals surface area (Å²) in [5.41, 5.74) is 0. The second-order valence-corrected chi connectivity index (χ2v) is 22.2. The number of nitrogens with zero attached hydrogens (tertiary/aromatic N) is 3. The fourth-order valence-corrected chi connectivity index (χ4v) is 10.7. The van der Waals surface area contributed by atoms with E-state index >= 15 is 0 Å². The average molecular weight is 1040 g/mol. The molecule has 0 radical (unpaired) electrons. The first kappa shape index (κ1) is 71.3. The van der Waals surface area contributed by atoms with Crippen molar-refractivity contribution in [3.8, 4) is 0 Å². The highest BCUT2D eigenvalue weighted by Gasteiger charge is 2.36. The Hall–Kier alpha value is -2.68. The number of amides is 4. The third-order valence-corrected chi connectivity index (χ3v) is 15.5. The number of unbranched alkanes of at least 4 members (excludes halogenated alkanes) is 24. The molecule has 0 rings (SSSR count). The largest absolute Gasteiger partial charge is 0.353 e. The normalized spacial score (nSPS) is 13.4. The third kappa shape index (κ3) is 37.2. The molecule has 0 spiro atoms. The molecular formula is C65H125N5O4. The summed E-state index contributed by atoms with van der Waals surface area (Å²) in [6.07, 6.45) is 51.8. The standard InChI is InChI=1S/C65H125N5O4/c1-10-18-22-24-26-28-30-32-34-36-38-40-42-44-46-50-60(71)69(54-14-5)62(58(16-7)48-20-12-3)64(73)66-52-56-68(9)57-53-67-65(74)63(59(17-8)49-21-13-4)70(55-15-6)61(72)51-47-45-43-41-39-37-35-33-31-29-27-25-23-19-11-2/h32-35,58-59,62-63H,10-31,36-57H2,1-9H3,(H,66,73)(H,67,74)/b34-32-,35-33-. The minimum atomic E-state index is -0.464. The Morgan fingerprint density at radius 3 is 0.959 bits per heavy atom. The van der Waals surface area contributed by atoms with E-state index in [1.54, 1.807) is 0 Å². The average Bonchev–Trinajstić information content (AvgIpc) is 3.39. The summed E-state index contributed by atoms with van der Waals surface area (Å²) < 4.78 is 0. The van der Waals surface area contributed by atoms with Gasteiger partial charge in [-0.1, -0.05) is 221 Å². The molecule has 0 heterocycles. The molecule has 0 aromatic heterocycles. The van der Waals surface area contributed by atoms with E-state index in [1.807, 2.05) is 16.8 Å². The van der Waals surface area contributed by atoms with Crippen LogP contribution < -0.4 is 10.6 Å². The summed E-state index contributed by atoms with van der Waals surface area (Å²) in [4.78, 5) is 62.4. The lowest BCUT2D eigenvalue weighted by molar-refractivity contribution is -0.143. The van der Waals surface area contributed by atoms with Gasteiger partial charge < -0.3 is 25.3 Å². The van der Waals surface area contributed by atoms with Crippen molar-refractivity contribution in [2.75, 3.05) is 46.3 Å². The van der Waals surface area contributed by atoms with Crippen LogP contribution in [0.5, 0.6) is 0 Å². The molecule has 4 amide bonds. The van der Waals surface area contributed by atoms with E-state index in [-0.39, 0.29) is 35.5 Å². The van der Waals surface area contributed by atoms with Crippen molar-refractivity contribution in [1.29, 1.82) is 0 Å². The van der Waals surface area contributed by atoms with Gasteiger partial charge in [0.05, 0.1) is 0 Å². The number of rotatable bonds is 54. The summed E-state index contributed by atoms with van der Waals surface area (Å²) in [5, 5.41) is 6.51. The number of carbonyl (C=O) groups excluding carboxylic acids is 4. The van der Waals surface area contributed by atoms with Crippen molar-refractivity contribution in [3.63, 3.8) is 0 Å². The molecule has 0 aliphatic carbocycles. The highest BCUT2D eigenvalue weighted by atomic mass is 16.2. The lowest BCUT2D eigenvalue weighted by atomic mass is 9.89. The lowest BCUT2D eigenvalue weighted by Gasteiger charge is -2.36. The fourth-order valence-electron chi connectivity index (χ4n) is 10.7. The van der Waals surface area contributed by atoms with Crippen LogP contribution in [0.1, 0.15) is 299 Å². The van der Waals surface area contributed by atoms with Crippen LogP contribution >= 0.6 is 0 Å². The first-order chi connectivity index (χ1) is 36.1. The summed E-state index contributed by atoms with van der Waals surface area (Å²) >= 11 is 0. The van der Waals surface area contributed by atoms with Crippen molar-refractivity contribution >= 4 is 23.6 Å². The predicted octanol–water partition coefficient (Wildman–Crippen LogP) is 16.9. The van der Waals surface area contributed by atoms with E-state index in [0.717, 1.165) is 116 Å². The van der Waals surface area contributed by atoms with Gasteiger partial charge in [-0.15, -0.1) is 0 Å². The minimum Gasteiger partial charge on any atom is -0.353 e. The molecule has 4 unspecified atom stereocenters. The zero-order valence-corrected chi connectivity index (χ0v) is 50.7. The zero-order chi connectivity index (χ0) is 54.7. The van der Waals surface area contributed by atoms with Crippen LogP contribution in [0.2, 0.25) is 0 Å². The minimum absolute atomic E-state index is 0.0380. The lowest BCUT2D eigenvalue weighted by Crippen LogP contribution is -2.55. The molecule has 2 N–H and O–H groups in total. The molecule has 0 aromatic carbocycles. The zero-order valence-electron chi connectivity index (χ0n) is 50.7. The van der Waals surface area contributed by atoms with Crippen LogP contribution in [0.3, 0.4) is 0 Å². The Balaban J connectivity index is 5.27. The monoisotopic (exact) mass is 1040 g/mol. The van der Waals surface area contributed by atoms with E-state index in [9.17, 15) is 19.2 Å². The van der Waals surface area contributed by atoms with Gasteiger partial charge in [-0.25, -0.2) is 0 Å². The van der Waals surface area contributed by atoms with Crippen molar-refractivity contribution in [3.05, 3.63) is 24.3 Å². The maximum absolute atomic E-state index is 14.2. The molecular weight excluding hydrogens is 915 g/mol. The van der Waals surface area contributed by atoms with Crippen LogP contribution in [-0.2, 0) is 19.2 Å². The van der Waals surface area contributed by atoms with Crippen molar-refractivity contribution in [2.24, 2.45) is 11.8 Å². The number of likely N-dealkylation sites (N-methyl/N-ethyl adjacent to an activating group) is 1. The second kappa shape index (κ2) is 52.4. The highest BCUT2D eigenvalue weighted by molar-refractivity contribution is 5.88. The first-order valence-corrected chi connectivity index (χ1v) is 32.2. The Bertz CT molecular complexity index is 1270. The number of carbonyl (C=O) groups is 4. The fraction of sp³-hybridized carbons (Fsp3) is 0.877. The molecule has 0 saturated carbocycles. The first-order valence-electron chi connectivity index (χ1n) is 32.2. The molecule has 0 aliphatic rings. The van der Waals surface area contributed by atoms with Gasteiger partial charge in [0, 0.05) is 52.1 Å². The highest BCUT2D eigenvalue weighted by Crippen LogP contribution is 2.26. The van der Waals surface area contributed by atoms with Gasteiger partial charge in [-0.2, -0.15) is 0 Å². The van der Waals surface area contributed by atoms with Crippen molar-refractivity contribution in [2.45, 2.75) is 311 Å². The van der Waals surface area contributed by atoms with E-state index in [4.69, 9.17) is 0 Å². The number of hydrogen-bond acceptors (Lipinski definition) is 5. The summed E-state index contributed by atoms with van der Waals surface area (Å²) in [7, 11) is 2.03. The molecule has 0 bridgehead atoms. The van der Waals surface area contributed by atoms with E-state index < -0.39 is 12.1 Å². The van der Waals surface area contributed by atoms with Crippen molar-refractivity contribution in [1.82, 2.24) is 25.3 Å². The number of hydrogen-bond donors (Lipinski definition) is 2. The van der Waals surface area contributed by atoms with Crippen LogP contribution in [0.25, 0.3) is 0 Å². The van der Waals surface area contributed by atoms with Crippen LogP contribution in [0.4, 0.5) is 0 Å². The maximum atomic E-state index is 14.2. The number of nitrogens with one attached hydrogen (secondary N) is 2. The Morgan fingerprint density at radius 2 is 0.662 bits per heavy atom. The molecule has 0 aromatic rings. The quantitative estimate of drug-likeness (QED) is 0.0467. The molecule has 434 valence electrons. The molecule has 0 saturated heterocycles. The third-order valence-electron chi connectivity index (χ3n) is 15.5. The van der Waals surface area contributed by atoms with Gasteiger partial charge in [0.2, 0.25) is 23.6 Å². The van der Waals surface area contributed by atoms with Crippen LogP contribution in [0, 0.1) is 11.8 Å². The summed E-state index contributed by atoms with van der Waals surface area (Å²) in [6, 6.07) is -0.929.